The molecule has 26 heavy (non-hydrogen) atoms. The summed E-state index contributed by atoms with van der Waals surface area (Å²) in [7, 11) is -1.64. The first-order valence-electron chi connectivity index (χ1n) is 8.73. The largest absolute Gasteiger partial charge is 0.495 e. The van der Waals surface area contributed by atoms with Gasteiger partial charge in [-0.05, 0) is 36.5 Å². The van der Waals surface area contributed by atoms with E-state index in [-0.39, 0.29) is 0 Å². The number of piperazine rings is 1. The molecule has 0 unspecified atom stereocenters. The third-order valence-electron chi connectivity index (χ3n) is 4.50. The zero-order valence-corrected chi connectivity index (χ0v) is 16.6. The van der Waals surface area contributed by atoms with Crippen molar-refractivity contribution in [2.24, 2.45) is 0 Å². The molecule has 2 aromatic rings. The second-order valence-corrected chi connectivity index (χ2v) is 9.13. The van der Waals surface area contributed by atoms with Crippen molar-refractivity contribution in [1.29, 1.82) is 0 Å². The number of anilines is 1. The van der Waals surface area contributed by atoms with Gasteiger partial charge in [0.25, 0.3) is 0 Å². The summed E-state index contributed by atoms with van der Waals surface area (Å²) in [6.45, 7) is 5.19. The predicted molar refractivity (Wildman–Crippen MR) is 106 cm³/mol. The Balaban J connectivity index is 1.41. The van der Waals surface area contributed by atoms with Gasteiger partial charge in [-0.1, -0.05) is 18.2 Å². The lowest BCUT2D eigenvalue weighted by molar-refractivity contribution is 0.255. The van der Waals surface area contributed by atoms with Crippen LogP contribution in [0.5, 0.6) is 5.75 Å². The number of methoxy groups -OCH3 is 1. The lowest BCUT2D eigenvalue weighted by Gasteiger charge is -2.36. The van der Waals surface area contributed by atoms with E-state index < -0.39 is 10.0 Å². The van der Waals surface area contributed by atoms with Gasteiger partial charge in [0.15, 0.2) is 0 Å². The van der Waals surface area contributed by atoms with Crippen LogP contribution in [0.3, 0.4) is 0 Å². The van der Waals surface area contributed by atoms with Crippen LogP contribution in [-0.2, 0) is 10.0 Å². The minimum Gasteiger partial charge on any atom is -0.495 e. The van der Waals surface area contributed by atoms with Crippen LogP contribution in [0.25, 0.3) is 0 Å². The number of nitrogens with zero attached hydrogens (tertiary/aromatic N) is 2. The molecule has 6 nitrogen and oxygen atoms in total. The van der Waals surface area contributed by atoms with E-state index in [0.29, 0.717) is 10.8 Å². The molecule has 2 heterocycles. The molecule has 0 amide bonds. The Labute approximate surface area is 159 Å². The summed E-state index contributed by atoms with van der Waals surface area (Å²) in [5, 5.41) is 1.77. The normalized spacial score (nSPS) is 16.0. The summed E-state index contributed by atoms with van der Waals surface area (Å²) in [5.74, 6) is 0.906. The molecule has 0 aliphatic carbocycles. The Bertz CT molecular complexity index is 786. The molecule has 0 radical (unpaired) electrons. The van der Waals surface area contributed by atoms with E-state index in [0.717, 1.165) is 50.6 Å². The minimum atomic E-state index is -3.34. The van der Waals surface area contributed by atoms with Crippen LogP contribution in [0.15, 0.2) is 46.0 Å². The van der Waals surface area contributed by atoms with Crippen molar-refractivity contribution in [3.05, 3.63) is 41.8 Å². The van der Waals surface area contributed by atoms with E-state index in [1.165, 1.54) is 11.3 Å². The van der Waals surface area contributed by atoms with E-state index >= 15 is 0 Å². The first-order valence-corrected chi connectivity index (χ1v) is 11.1. The van der Waals surface area contributed by atoms with E-state index in [9.17, 15) is 8.42 Å². The van der Waals surface area contributed by atoms with Crippen molar-refractivity contribution in [1.82, 2.24) is 9.62 Å². The SMILES string of the molecule is COc1ccccc1N1CCN(CCCNS(=O)(=O)c2cccs2)CC1. The van der Waals surface area contributed by atoms with E-state index in [1.54, 1.807) is 24.6 Å². The lowest BCUT2D eigenvalue weighted by Crippen LogP contribution is -2.47. The molecule has 1 aliphatic heterocycles. The molecule has 3 rings (SSSR count). The summed E-state index contributed by atoms with van der Waals surface area (Å²) in [6.07, 6.45) is 0.805. The molecule has 0 atom stereocenters. The van der Waals surface area contributed by atoms with Crippen molar-refractivity contribution >= 4 is 27.0 Å². The predicted octanol–water partition coefficient (Wildman–Crippen LogP) is 2.25. The van der Waals surface area contributed by atoms with Gasteiger partial charge in [-0.15, -0.1) is 11.3 Å². The van der Waals surface area contributed by atoms with Gasteiger partial charge in [0.1, 0.15) is 9.96 Å². The summed E-state index contributed by atoms with van der Waals surface area (Å²) in [5.41, 5.74) is 1.14. The maximum Gasteiger partial charge on any atom is 0.250 e. The van der Waals surface area contributed by atoms with Crippen LogP contribution in [-0.4, -0.2) is 59.7 Å². The number of ether oxygens (including phenoxy) is 1. The molecule has 142 valence electrons. The Kier molecular flexibility index (Phi) is 6.53. The third kappa shape index (κ3) is 4.76. The Morgan fingerprint density at radius 3 is 2.58 bits per heavy atom. The maximum atomic E-state index is 12.1. The van der Waals surface area contributed by atoms with Gasteiger partial charge in [-0.3, -0.25) is 4.90 Å². The zero-order valence-electron chi connectivity index (χ0n) is 14.9. The third-order valence-corrected chi connectivity index (χ3v) is 7.36. The standard InChI is InChI=1S/C18H25N3O3S2/c1-24-17-7-3-2-6-16(17)21-13-11-20(12-14-21)10-5-9-19-26(22,23)18-8-4-15-25-18/h2-4,6-8,15,19H,5,9-14H2,1H3. The highest BCUT2D eigenvalue weighted by Crippen LogP contribution is 2.28. The second-order valence-electron chi connectivity index (χ2n) is 6.18. The Morgan fingerprint density at radius 2 is 1.88 bits per heavy atom. The molecular formula is C18H25N3O3S2. The summed E-state index contributed by atoms with van der Waals surface area (Å²) < 4.78 is 32.6. The number of rotatable bonds is 8. The first kappa shape index (κ1) is 19.2. The molecule has 1 aromatic heterocycles. The monoisotopic (exact) mass is 395 g/mol. The Morgan fingerprint density at radius 1 is 1.12 bits per heavy atom. The Hall–Kier alpha value is -1.61. The number of sulfonamides is 1. The van der Waals surface area contributed by atoms with Crippen molar-refractivity contribution in [2.75, 3.05) is 51.3 Å². The van der Waals surface area contributed by atoms with Crippen LogP contribution in [0.1, 0.15) is 6.42 Å². The highest BCUT2D eigenvalue weighted by Gasteiger charge is 2.19. The maximum absolute atomic E-state index is 12.1. The second kappa shape index (κ2) is 8.85. The fourth-order valence-corrected chi connectivity index (χ4v) is 5.21. The first-order chi connectivity index (χ1) is 12.6. The van der Waals surface area contributed by atoms with Crippen LogP contribution in [0.4, 0.5) is 5.69 Å². The summed E-state index contributed by atoms with van der Waals surface area (Å²) >= 11 is 1.24. The minimum absolute atomic E-state index is 0.378. The van der Waals surface area contributed by atoms with Gasteiger partial charge < -0.3 is 9.64 Å². The number of hydrogen-bond acceptors (Lipinski definition) is 6. The zero-order chi connectivity index (χ0) is 18.4. The number of nitrogens with one attached hydrogen (secondary N) is 1. The van der Waals surface area contributed by atoms with Crippen molar-refractivity contribution in [2.45, 2.75) is 10.6 Å². The summed E-state index contributed by atoms with van der Waals surface area (Å²) in [6, 6.07) is 11.5. The molecule has 0 spiro atoms. The van der Waals surface area contributed by atoms with E-state index in [1.807, 2.05) is 18.2 Å². The fourth-order valence-electron chi connectivity index (χ4n) is 3.10. The molecule has 8 heteroatoms. The smallest absolute Gasteiger partial charge is 0.250 e. The molecule has 0 bridgehead atoms. The number of thiophene rings is 1. The van der Waals surface area contributed by atoms with Crippen LogP contribution in [0, 0.1) is 0 Å². The highest BCUT2D eigenvalue weighted by molar-refractivity contribution is 7.91. The van der Waals surface area contributed by atoms with Crippen molar-refractivity contribution in [3.63, 3.8) is 0 Å². The van der Waals surface area contributed by atoms with Gasteiger partial charge in [-0.2, -0.15) is 0 Å². The fraction of sp³-hybridized carbons (Fsp3) is 0.444. The average Bonchev–Trinajstić information content (AvgIpc) is 3.22. The molecule has 1 N–H and O–H groups in total. The van der Waals surface area contributed by atoms with Crippen LogP contribution < -0.4 is 14.4 Å². The van der Waals surface area contributed by atoms with Gasteiger partial charge in [0, 0.05) is 32.7 Å². The molecule has 1 saturated heterocycles. The molecule has 1 aromatic carbocycles. The molecule has 0 saturated carbocycles. The van der Waals surface area contributed by atoms with Crippen LogP contribution >= 0.6 is 11.3 Å². The highest BCUT2D eigenvalue weighted by atomic mass is 32.2. The molecular weight excluding hydrogens is 370 g/mol. The van der Waals surface area contributed by atoms with Gasteiger partial charge in [-0.25, -0.2) is 13.1 Å². The summed E-state index contributed by atoms with van der Waals surface area (Å²) in [4.78, 5) is 4.72. The topological polar surface area (TPSA) is 61.9 Å². The number of hydrogen-bond donors (Lipinski definition) is 1. The van der Waals surface area contributed by atoms with E-state index in [2.05, 4.69) is 20.6 Å². The number of benzene rings is 1. The van der Waals surface area contributed by atoms with E-state index in [4.69, 9.17) is 4.74 Å². The molecule has 1 fully saturated rings. The quantitative estimate of drug-likeness (QED) is 0.695. The number of para-hydroxylation sites is 2. The van der Waals surface area contributed by atoms with Gasteiger partial charge >= 0.3 is 0 Å². The lowest BCUT2D eigenvalue weighted by atomic mass is 10.2. The van der Waals surface area contributed by atoms with Crippen molar-refractivity contribution < 1.29 is 13.2 Å². The molecule has 1 aliphatic rings. The van der Waals surface area contributed by atoms with Crippen LogP contribution in [0.2, 0.25) is 0 Å². The van der Waals surface area contributed by atoms with Crippen molar-refractivity contribution in [3.8, 4) is 5.75 Å². The van der Waals surface area contributed by atoms with Gasteiger partial charge in [0.05, 0.1) is 12.8 Å². The van der Waals surface area contributed by atoms with Gasteiger partial charge in [0.2, 0.25) is 10.0 Å². The average molecular weight is 396 g/mol.